The van der Waals surface area contributed by atoms with E-state index in [2.05, 4.69) is 28.2 Å². The van der Waals surface area contributed by atoms with Gasteiger partial charge in [-0.3, -0.25) is 4.79 Å². The van der Waals surface area contributed by atoms with E-state index in [1.165, 1.54) is 24.0 Å². The summed E-state index contributed by atoms with van der Waals surface area (Å²) in [6.07, 6.45) is 5.95. The monoisotopic (exact) mass is 336 g/mol. The van der Waals surface area contributed by atoms with Gasteiger partial charge in [-0.2, -0.15) is 0 Å². The molecule has 5 heteroatoms. The molecular formula is C20H24N4O. The van der Waals surface area contributed by atoms with Gasteiger partial charge in [-0.25, -0.2) is 9.97 Å². The second-order valence-electron chi connectivity index (χ2n) is 7.14. The number of amides is 1. The molecular weight excluding hydrogens is 312 g/mol. The second-order valence-corrected chi connectivity index (χ2v) is 7.14. The number of likely N-dealkylation sites (tertiary alicyclic amines) is 1. The molecule has 1 unspecified atom stereocenters. The number of nitrogen functional groups attached to an aromatic ring is 1. The van der Waals surface area contributed by atoms with E-state index < -0.39 is 0 Å². The number of benzene rings is 1. The molecule has 1 aliphatic heterocycles. The van der Waals surface area contributed by atoms with Crippen LogP contribution in [0.2, 0.25) is 0 Å². The van der Waals surface area contributed by atoms with Crippen molar-refractivity contribution in [3.63, 3.8) is 0 Å². The zero-order chi connectivity index (χ0) is 17.4. The molecule has 1 atom stereocenters. The number of nitrogens with two attached hydrogens (primary N) is 1. The molecule has 2 aliphatic rings. The zero-order valence-electron chi connectivity index (χ0n) is 14.7. The summed E-state index contributed by atoms with van der Waals surface area (Å²) in [5.74, 6) is 1.31. The number of hydrogen-bond acceptors (Lipinski definition) is 4. The Morgan fingerprint density at radius 2 is 2.04 bits per heavy atom. The fourth-order valence-electron chi connectivity index (χ4n) is 4.17. The number of aryl methyl sites for hydroxylation is 3. The summed E-state index contributed by atoms with van der Waals surface area (Å²) in [6.45, 7) is 2.63. The maximum absolute atomic E-state index is 12.9. The SMILES string of the molecule is Cc1nc(N)cc(C2CCCN2C(=O)Cc2ccc3c(c2)CCC3)n1. The minimum Gasteiger partial charge on any atom is -0.384 e. The molecule has 2 N–H and O–H groups in total. The largest absolute Gasteiger partial charge is 0.384 e. The van der Waals surface area contributed by atoms with Crippen molar-refractivity contribution in [3.8, 4) is 0 Å². The lowest BCUT2D eigenvalue weighted by Gasteiger charge is -2.25. The molecule has 1 amide bonds. The van der Waals surface area contributed by atoms with Crippen LogP contribution in [0.5, 0.6) is 0 Å². The third-order valence-electron chi connectivity index (χ3n) is 5.31. The zero-order valence-corrected chi connectivity index (χ0v) is 14.7. The number of fused-ring (bicyclic) bond motifs is 1. The molecule has 0 spiro atoms. The standard InChI is InChI=1S/C20H24N4O/c1-13-22-17(12-19(21)23-13)18-6-3-9-24(18)20(25)11-14-7-8-15-4-2-5-16(15)10-14/h7-8,10,12,18H,2-6,9,11H2,1H3,(H2,21,22,23). The van der Waals surface area contributed by atoms with Crippen molar-refractivity contribution in [2.24, 2.45) is 0 Å². The van der Waals surface area contributed by atoms with E-state index in [1.807, 2.05) is 11.8 Å². The van der Waals surface area contributed by atoms with E-state index in [9.17, 15) is 4.79 Å². The first kappa shape index (κ1) is 16.1. The van der Waals surface area contributed by atoms with Gasteiger partial charge in [0, 0.05) is 12.6 Å². The van der Waals surface area contributed by atoms with Crippen LogP contribution in [-0.4, -0.2) is 27.3 Å². The highest BCUT2D eigenvalue weighted by Gasteiger charge is 2.31. The van der Waals surface area contributed by atoms with Gasteiger partial charge in [0.2, 0.25) is 5.91 Å². The highest BCUT2D eigenvalue weighted by molar-refractivity contribution is 5.79. The molecule has 0 bridgehead atoms. The Hall–Kier alpha value is -2.43. The summed E-state index contributed by atoms with van der Waals surface area (Å²) < 4.78 is 0. The topological polar surface area (TPSA) is 72.1 Å². The predicted molar refractivity (Wildman–Crippen MR) is 97.0 cm³/mol. The van der Waals surface area contributed by atoms with E-state index in [-0.39, 0.29) is 11.9 Å². The van der Waals surface area contributed by atoms with E-state index in [4.69, 9.17) is 5.73 Å². The molecule has 1 aliphatic carbocycles. The van der Waals surface area contributed by atoms with Crippen molar-refractivity contribution in [2.45, 2.75) is 51.5 Å². The summed E-state index contributed by atoms with van der Waals surface area (Å²) in [5, 5.41) is 0. The van der Waals surface area contributed by atoms with Crippen LogP contribution < -0.4 is 5.73 Å². The smallest absolute Gasteiger partial charge is 0.227 e. The van der Waals surface area contributed by atoms with Crippen molar-refractivity contribution in [3.05, 3.63) is 52.5 Å². The van der Waals surface area contributed by atoms with Crippen LogP contribution in [0.25, 0.3) is 0 Å². The van der Waals surface area contributed by atoms with Crippen molar-refractivity contribution in [2.75, 3.05) is 12.3 Å². The van der Waals surface area contributed by atoms with Gasteiger partial charge in [0.05, 0.1) is 18.2 Å². The van der Waals surface area contributed by atoms with Gasteiger partial charge in [0.1, 0.15) is 11.6 Å². The molecule has 0 saturated carbocycles. The van der Waals surface area contributed by atoms with Crippen molar-refractivity contribution >= 4 is 11.7 Å². The first-order valence-electron chi connectivity index (χ1n) is 9.11. The fraction of sp³-hybridized carbons (Fsp3) is 0.450. The normalized spacial score (nSPS) is 19.2. The van der Waals surface area contributed by atoms with Gasteiger partial charge in [0.15, 0.2) is 0 Å². The summed E-state index contributed by atoms with van der Waals surface area (Å²) in [4.78, 5) is 23.5. The van der Waals surface area contributed by atoms with Crippen molar-refractivity contribution in [1.82, 2.24) is 14.9 Å². The molecule has 1 aromatic carbocycles. The van der Waals surface area contributed by atoms with E-state index >= 15 is 0 Å². The molecule has 5 nitrogen and oxygen atoms in total. The number of nitrogens with zero attached hydrogens (tertiary/aromatic N) is 3. The van der Waals surface area contributed by atoms with Gasteiger partial charge < -0.3 is 10.6 Å². The minimum absolute atomic E-state index is 0.0194. The summed E-state index contributed by atoms with van der Waals surface area (Å²) >= 11 is 0. The summed E-state index contributed by atoms with van der Waals surface area (Å²) in [6, 6.07) is 8.35. The van der Waals surface area contributed by atoms with E-state index in [0.717, 1.165) is 37.1 Å². The molecule has 4 rings (SSSR count). The number of carbonyl (C=O) groups excluding carboxylic acids is 1. The van der Waals surface area contributed by atoms with E-state index in [0.29, 0.717) is 18.1 Å². The van der Waals surface area contributed by atoms with Gasteiger partial charge in [-0.05, 0) is 55.7 Å². The first-order valence-corrected chi connectivity index (χ1v) is 9.11. The molecule has 130 valence electrons. The van der Waals surface area contributed by atoms with Gasteiger partial charge in [-0.15, -0.1) is 0 Å². The Bertz CT molecular complexity index is 797. The van der Waals surface area contributed by atoms with Crippen LogP contribution in [0, 0.1) is 6.92 Å². The average molecular weight is 336 g/mol. The Kier molecular flexibility index (Phi) is 4.15. The third kappa shape index (κ3) is 3.23. The molecule has 2 aromatic rings. The van der Waals surface area contributed by atoms with Crippen LogP contribution in [-0.2, 0) is 24.1 Å². The van der Waals surface area contributed by atoms with Crippen molar-refractivity contribution in [1.29, 1.82) is 0 Å². The van der Waals surface area contributed by atoms with Gasteiger partial charge >= 0.3 is 0 Å². The first-order chi connectivity index (χ1) is 12.1. The Morgan fingerprint density at radius 1 is 1.20 bits per heavy atom. The summed E-state index contributed by atoms with van der Waals surface area (Å²) in [5.41, 5.74) is 10.7. The Labute approximate surface area is 148 Å². The van der Waals surface area contributed by atoms with Crippen molar-refractivity contribution < 1.29 is 4.79 Å². The van der Waals surface area contributed by atoms with Crippen LogP contribution in [0.3, 0.4) is 0 Å². The number of carbonyl (C=O) groups is 1. The lowest BCUT2D eigenvalue weighted by atomic mass is 10.0. The van der Waals surface area contributed by atoms with Crippen LogP contribution >= 0.6 is 0 Å². The average Bonchev–Trinajstić information content (AvgIpc) is 3.22. The molecule has 0 radical (unpaired) electrons. The van der Waals surface area contributed by atoms with Crippen LogP contribution in [0.1, 0.15) is 53.5 Å². The molecule has 2 heterocycles. The number of rotatable bonds is 3. The van der Waals surface area contributed by atoms with Gasteiger partial charge in [0.25, 0.3) is 0 Å². The number of aromatic nitrogens is 2. The van der Waals surface area contributed by atoms with Crippen LogP contribution in [0.15, 0.2) is 24.3 Å². The maximum atomic E-state index is 12.9. The second kappa shape index (κ2) is 6.47. The highest BCUT2D eigenvalue weighted by atomic mass is 16.2. The quantitative estimate of drug-likeness (QED) is 0.935. The molecule has 1 saturated heterocycles. The molecule has 1 aromatic heterocycles. The minimum atomic E-state index is 0.0194. The highest BCUT2D eigenvalue weighted by Crippen LogP contribution is 2.32. The maximum Gasteiger partial charge on any atom is 0.227 e. The fourth-order valence-corrected chi connectivity index (χ4v) is 4.17. The molecule has 1 fully saturated rings. The van der Waals surface area contributed by atoms with Gasteiger partial charge in [-0.1, -0.05) is 18.2 Å². The number of anilines is 1. The predicted octanol–water partition coefficient (Wildman–Crippen LogP) is 2.76. The van der Waals surface area contributed by atoms with Crippen LogP contribution in [0.4, 0.5) is 5.82 Å². The summed E-state index contributed by atoms with van der Waals surface area (Å²) in [7, 11) is 0. The third-order valence-corrected chi connectivity index (χ3v) is 5.31. The number of hydrogen-bond donors (Lipinski definition) is 1. The Morgan fingerprint density at radius 3 is 2.88 bits per heavy atom. The lowest BCUT2D eigenvalue weighted by Crippen LogP contribution is -2.32. The lowest BCUT2D eigenvalue weighted by molar-refractivity contribution is -0.131. The molecule has 25 heavy (non-hydrogen) atoms. The van der Waals surface area contributed by atoms with E-state index in [1.54, 1.807) is 6.07 Å². The Balaban J connectivity index is 1.52.